The fourth-order valence-electron chi connectivity index (χ4n) is 4.20. The third kappa shape index (κ3) is 3.60. The summed E-state index contributed by atoms with van der Waals surface area (Å²) in [6.07, 6.45) is 1.55. The molecule has 0 N–H and O–H groups in total. The Morgan fingerprint density at radius 1 is 1.09 bits per heavy atom. The number of fused-ring (bicyclic) bond motifs is 2. The summed E-state index contributed by atoms with van der Waals surface area (Å²) in [6, 6.07) is 13.4. The lowest BCUT2D eigenvalue weighted by molar-refractivity contribution is 0.0701. The molecule has 0 bridgehead atoms. The molecule has 7 nitrogen and oxygen atoms in total. The molecule has 1 unspecified atom stereocenters. The van der Waals surface area contributed by atoms with Gasteiger partial charge in [-0.15, -0.1) is 0 Å². The van der Waals surface area contributed by atoms with Crippen LogP contribution >= 0.6 is 15.9 Å². The fraction of sp³-hybridized carbons (Fsp3) is 0.200. The van der Waals surface area contributed by atoms with Crippen LogP contribution in [0.5, 0.6) is 11.5 Å². The molecular weight excluding hydrogens is 490 g/mol. The Hall–Kier alpha value is -3.52. The van der Waals surface area contributed by atoms with E-state index in [-0.39, 0.29) is 23.6 Å². The van der Waals surface area contributed by atoms with Crippen molar-refractivity contribution < 1.29 is 23.1 Å². The van der Waals surface area contributed by atoms with E-state index in [1.54, 1.807) is 60.7 Å². The Morgan fingerprint density at radius 3 is 2.67 bits per heavy atom. The second-order valence-electron chi connectivity index (χ2n) is 7.57. The molecule has 0 radical (unpaired) electrons. The molecule has 5 rings (SSSR count). The van der Waals surface area contributed by atoms with Crippen LogP contribution in [0, 0.1) is 0 Å². The first-order valence-electron chi connectivity index (χ1n) is 10.4. The minimum Gasteiger partial charge on any atom is -0.493 e. The number of hydrogen-bond donors (Lipinski definition) is 0. The molecule has 8 heteroatoms. The molecule has 168 valence electrons. The third-order valence-electron chi connectivity index (χ3n) is 5.64. The number of amides is 1. The molecule has 2 aromatic heterocycles. The lowest BCUT2D eigenvalue weighted by atomic mass is 9.98. The van der Waals surface area contributed by atoms with Crippen molar-refractivity contribution in [3.05, 3.63) is 92.1 Å². The van der Waals surface area contributed by atoms with E-state index in [0.29, 0.717) is 46.0 Å². The molecule has 2 aromatic carbocycles. The van der Waals surface area contributed by atoms with Gasteiger partial charge in [-0.1, -0.05) is 22.0 Å². The third-order valence-corrected chi connectivity index (χ3v) is 6.13. The number of halogens is 1. The highest BCUT2D eigenvalue weighted by Gasteiger charge is 2.43. The van der Waals surface area contributed by atoms with Gasteiger partial charge in [-0.3, -0.25) is 9.59 Å². The zero-order valence-corrected chi connectivity index (χ0v) is 19.5. The number of benzene rings is 2. The van der Waals surface area contributed by atoms with E-state index in [9.17, 15) is 9.59 Å². The lowest BCUT2D eigenvalue weighted by Crippen LogP contribution is -2.29. The van der Waals surface area contributed by atoms with E-state index >= 15 is 0 Å². The second kappa shape index (κ2) is 8.44. The fourth-order valence-corrected chi connectivity index (χ4v) is 4.56. The molecule has 3 heterocycles. The Labute approximate surface area is 197 Å². The molecular formula is C25H20BrNO6. The Balaban J connectivity index is 1.73. The van der Waals surface area contributed by atoms with Crippen molar-refractivity contribution in [1.29, 1.82) is 0 Å². The first kappa shape index (κ1) is 21.3. The smallest absolute Gasteiger partial charge is 0.291 e. The van der Waals surface area contributed by atoms with E-state index in [1.807, 2.05) is 13.0 Å². The predicted molar refractivity (Wildman–Crippen MR) is 125 cm³/mol. The molecule has 1 aliphatic heterocycles. The summed E-state index contributed by atoms with van der Waals surface area (Å²) in [5, 5.41) is 0.402. The van der Waals surface area contributed by atoms with Crippen LogP contribution in [0.25, 0.3) is 11.0 Å². The molecule has 0 saturated heterocycles. The highest BCUT2D eigenvalue weighted by molar-refractivity contribution is 9.10. The van der Waals surface area contributed by atoms with Crippen molar-refractivity contribution in [3.63, 3.8) is 0 Å². The number of carbonyl (C=O) groups is 1. The minimum atomic E-state index is -0.679. The number of furan rings is 1. The van der Waals surface area contributed by atoms with Crippen LogP contribution in [-0.4, -0.2) is 24.5 Å². The topological polar surface area (TPSA) is 82.1 Å². The zero-order valence-electron chi connectivity index (χ0n) is 18.0. The summed E-state index contributed by atoms with van der Waals surface area (Å²) in [5.41, 5.74) is 1.11. The van der Waals surface area contributed by atoms with Crippen LogP contribution in [0.4, 0.5) is 0 Å². The average molecular weight is 510 g/mol. The van der Waals surface area contributed by atoms with Gasteiger partial charge in [-0.2, -0.15) is 0 Å². The maximum Gasteiger partial charge on any atom is 0.291 e. The molecule has 0 aliphatic carbocycles. The monoisotopic (exact) mass is 509 g/mol. The van der Waals surface area contributed by atoms with Gasteiger partial charge in [0.15, 0.2) is 16.9 Å². The predicted octanol–water partition coefficient (Wildman–Crippen LogP) is 5.30. The standard InChI is InChI=1S/C25H20BrNO6/c1-3-31-19-8-6-14(11-20(19)30-2)22-21-23(28)17-12-15(26)7-9-18(17)33-24(21)25(29)27(22)13-16-5-4-10-32-16/h4-12,22H,3,13H2,1-2H3. The maximum absolute atomic E-state index is 13.6. The summed E-state index contributed by atoms with van der Waals surface area (Å²) in [6.45, 7) is 2.55. The Bertz CT molecular complexity index is 1410. The largest absolute Gasteiger partial charge is 0.493 e. The van der Waals surface area contributed by atoms with Crippen molar-refractivity contribution in [2.75, 3.05) is 13.7 Å². The molecule has 1 atom stereocenters. The summed E-state index contributed by atoms with van der Waals surface area (Å²) < 4.78 is 23.4. The highest BCUT2D eigenvalue weighted by atomic mass is 79.9. The molecule has 1 amide bonds. The number of hydrogen-bond acceptors (Lipinski definition) is 6. The first-order chi connectivity index (χ1) is 16.0. The van der Waals surface area contributed by atoms with Crippen molar-refractivity contribution in [2.45, 2.75) is 19.5 Å². The quantitative estimate of drug-likeness (QED) is 0.350. The van der Waals surface area contributed by atoms with E-state index in [4.69, 9.17) is 18.3 Å². The summed E-state index contributed by atoms with van der Waals surface area (Å²) in [4.78, 5) is 28.7. The van der Waals surface area contributed by atoms with Crippen LogP contribution in [-0.2, 0) is 6.54 Å². The number of rotatable bonds is 6. The second-order valence-corrected chi connectivity index (χ2v) is 8.49. The number of nitrogens with zero attached hydrogens (tertiary/aromatic N) is 1. The highest BCUT2D eigenvalue weighted by Crippen LogP contribution is 2.41. The molecule has 0 saturated carbocycles. The maximum atomic E-state index is 13.6. The van der Waals surface area contributed by atoms with Crippen LogP contribution in [0.1, 0.15) is 40.4 Å². The Morgan fingerprint density at radius 2 is 1.94 bits per heavy atom. The van der Waals surface area contributed by atoms with E-state index < -0.39 is 6.04 Å². The molecule has 1 aliphatic rings. The average Bonchev–Trinajstić information content (AvgIpc) is 3.42. The normalized spacial score (nSPS) is 15.2. The van der Waals surface area contributed by atoms with Gasteiger partial charge in [0.1, 0.15) is 11.3 Å². The SMILES string of the molecule is CCOc1ccc(C2c3c(oc4ccc(Br)cc4c3=O)C(=O)N2Cc2ccco2)cc1OC. The number of carbonyl (C=O) groups excluding carboxylic acids is 1. The zero-order chi connectivity index (χ0) is 23.1. The van der Waals surface area contributed by atoms with Gasteiger partial charge < -0.3 is 23.2 Å². The van der Waals surface area contributed by atoms with Gasteiger partial charge >= 0.3 is 0 Å². The van der Waals surface area contributed by atoms with Crippen LogP contribution in [0.15, 0.2) is 72.9 Å². The molecule has 33 heavy (non-hydrogen) atoms. The number of ether oxygens (including phenoxy) is 2. The molecule has 0 spiro atoms. The summed E-state index contributed by atoms with van der Waals surface area (Å²) in [7, 11) is 1.55. The summed E-state index contributed by atoms with van der Waals surface area (Å²) >= 11 is 3.41. The molecule has 4 aromatic rings. The minimum absolute atomic E-state index is 0.0410. The van der Waals surface area contributed by atoms with Gasteiger partial charge in [-0.25, -0.2) is 0 Å². The van der Waals surface area contributed by atoms with E-state index in [1.165, 1.54) is 0 Å². The van der Waals surface area contributed by atoms with Crippen molar-refractivity contribution >= 4 is 32.8 Å². The van der Waals surface area contributed by atoms with Crippen molar-refractivity contribution in [2.24, 2.45) is 0 Å². The van der Waals surface area contributed by atoms with Gasteiger partial charge in [0.25, 0.3) is 5.91 Å². The summed E-state index contributed by atoms with van der Waals surface area (Å²) in [5.74, 6) is 1.36. The lowest BCUT2D eigenvalue weighted by Gasteiger charge is -2.25. The Kier molecular flexibility index (Phi) is 5.46. The molecule has 0 fully saturated rings. The van der Waals surface area contributed by atoms with Gasteiger partial charge in [0.05, 0.1) is 43.5 Å². The van der Waals surface area contributed by atoms with Crippen LogP contribution < -0.4 is 14.9 Å². The van der Waals surface area contributed by atoms with E-state index in [0.717, 1.165) is 4.47 Å². The van der Waals surface area contributed by atoms with E-state index in [2.05, 4.69) is 15.9 Å². The first-order valence-corrected chi connectivity index (χ1v) is 11.2. The van der Waals surface area contributed by atoms with Gasteiger partial charge in [-0.05, 0) is 55.0 Å². The van der Waals surface area contributed by atoms with Crippen molar-refractivity contribution in [3.8, 4) is 11.5 Å². The van der Waals surface area contributed by atoms with Crippen LogP contribution in [0.3, 0.4) is 0 Å². The van der Waals surface area contributed by atoms with Gasteiger partial charge in [0.2, 0.25) is 5.76 Å². The van der Waals surface area contributed by atoms with Gasteiger partial charge in [0, 0.05) is 4.47 Å². The number of methoxy groups -OCH3 is 1. The van der Waals surface area contributed by atoms with Crippen LogP contribution in [0.2, 0.25) is 0 Å². The van der Waals surface area contributed by atoms with Crippen molar-refractivity contribution in [1.82, 2.24) is 4.90 Å².